The highest BCUT2D eigenvalue weighted by Crippen LogP contribution is 2.65. The lowest BCUT2D eigenvalue weighted by atomic mass is 9.44. The molecule has 1 saturated heterocycles. The van der Waals surface area contributed by atoms with Gasteiger partial charge in [0, 0.05) is 11.8 Å². The molecule has 0 radical (unpaired) electrons. The number of rotatable bonds is 2. The molecule has 0 spiro atoms. The number of aliphatic hydroxyl groups is 2. The predicted octanol–water partition coefficient (Wildman–Crippen LogP) is 2.88. The van der Waals surface area contributed by atoms with Gasteiger partial charge in [0.2, 0.25) is 6.29 Å². The summed E-state index contributed by atoms with van der Waals surface area (Å²) in [6.45, 7) is 6.94. The number of carbonyl (C=O) groups excluding carboxylic acids is 1. The molecule has 0 aromatic rings. The van der Waals surface area contributed by atoms with Gasteiger partial charge >= 0.3 is 5.97 Å². The summed E-state index contributed by atoms with van der Waals surface area (Å²) in [5.74, 6) is 1.09. The summed E-state index contributed by atoms with van der Waals surface area (Å²) in [5.41, 5.74) is -0.00695. The molecule has 3 saturated carbocycles. The summed E-state index contributed by atoms with van der Waals surface area (Å²) in [5, 5.41) is 21.2. The summed E-state index contributed by atoms with van der Waals surface area (Å²) in [7, 11) is 0. The van der Waals surface area contributed by atoms with E-state index in [1.807, 2.05) is 0 Å². The van der Waals surface area contributed by atoms with E-state index in [9.17, 15) is 15.0 Å². The van der Waals surface area contributed by atoms with Gasteiger partial charge in [0.25, 0.3) is 0 Å². The van der Waals surface area contributed by atoms with Gasteiger partial charge in [-0.2, -0.15) is 0 Å². The second-order valence-electron chi connectivity index (χ2n) is 9.78. The number of hydrogen-bond donors (Lipinski definition) is 2. The van der Waals surface area contributed by atoms with Gasteiger partial charge in [-0.05, 0) is 67.6 Å². The monoisotopic (exact) mass is 366 g/mol. The molecule has 1 heterocycles. The van der Waals surface area contributed by atoms with E-state index >= 15 is 0 Å². The molecule has 3 aliphatic carbocycles. The topological polar surface area (TPSA) is 76.0 Å². The van der Waals surface area contributed by atoms with E-state index in [2.05, 4.69) is 13.8 Å². The van der Waals surface area contributed by atoms with Crippen molar-refractivity contribution in [2.45, 2.75) is 84.2 Å². The van der Waals surface area contributed by atoms with E-state index < -0.39 is 6.29 Å². The van der Waals surface area contributed by atoms with Gasteiger partial charge in [-0.25, -0.2) is 0 Å². The highest BCUT2D eigenvalue weighted by Gasteiger charge is 2.64. The lowest BCUT2D eigenvalue weighted by Gasteiger charge is -2.61. The molecule has 4 rings (SSSR count). The molecule has 0 amide bonds. The van der Waals surface area contributed by atoms with Crippen LogP contribution >= 0.6 is 0 Å². The molecule has 5 nitrogen and oxygen atoms in total. The number of aliphatic hydroxyl groups excluding tert-OH is 2. The van der Waals surface area contributed by atoms with E-state index in [1.54, 1.807) is 6.92 Å². The van der Waals surface area contributed by atoms with Crippen molar-refractivity contribution < 1.29 is 24.5 Å². The first-order valence-electron chi connectivity index (χ1n) is 10.5. The summed E-state index contributed by atoms with van der Waals surface area (Å²) in [6, 6.07) is 0. The fraction of sp³-hybridized carbons (Fsp3) is 0.952. The molecular weight excluding hydrogens is 332 g/mol. The molecule has 1 aliphatic heterocycles. The molecule has 4 fully saturated rings. The van der Waals surface area contributed by atoms with Crippen molar-refractivity contribution in [3.8, 4) is 0 Å². The minimum Gasteiger partial charge on any atom is -0.435 e. The molecule has 0 aromatic carbocycles. The third kappa shape index (κ3) is 2.65. The second kappa shape index (κ2) is 6.46. The quantitative estimate of drug-likeness (QED) is 0.735. The number of hydrogen-bond acceptors (Lipinski definition) is 5. The van der Waals surface area contributed by atoms with Crippen LogP contribution in [0.5, 0.6) is 0 Å². The number of carbonyl (C=O) groups is 1. The standard InChI is InChI=1S/C21H34O5/c1-4-17(24)26-19-21(3)8-6-14-18(15(21)11-25-19)16(23)10-12-9-13(22)5-7-20(12,14)2/h12-16,18-19,22-23H,4-11H2,1-3H3/t12?,13-,14?,15?,16-,18?,19+,20-,21-/m0/s1. The minimum absolute atomic E-state index is 0.197. The van der Waals surface area contributed by atoms with Crippen molar-refractivity contribution in [3.63, 3.8) is 0 Å². The Morgan fingerprint density at radius 3 is 2.58 bits per heavy atom. The van der Waals surface area contributed by atoms with Crippen molar-refractivity contribution in [2.75, 3.05) is 6.61 Å². The van der Waals surface area contributed by atoms with Gasteiger partial charge in [0.15, 0.2) is 0 Å². The van der Waals surface area contributed by atoms with Crippen LogP contribution in [-0.2, 0) is 14.3 Å². The average molecular weight is 366 g/mol. The third-order valence-corrected chi connectivity index (χ3v) is 8.59. The normalized spacial score (nSPS) is 53.3. The van der Waals surface area contributed by atoms with E-state index in [0.29, 0.717) is 24.9 Å². The summed E-state index contributed by atoms with van der Waals surface area (Å²) in [4.78, 5) is 11.8. The van der Waals surface area contributed by atoms with Gasteiger partial charge in [-0.3, -0.25) is 4.79 Å². The second-order valence-corrected chi connectivity index (χ2v) is 9.78. The lowest BCUT2D eigenvalue weighted by Crippen LogP contribution is -2.59. The lowest BCUT2D eigenvalue weighted by molar-refractivity contribution is -0.200. The molecule has 148 valence electrons. The summed E-state index contributed by atoms with van der Waals surface area (Å²) >= 11 is 0. The van der Waals surface area contributed by atoms with Crippen molar-refractivity contribution in [1.29, 1.82) is 0 Å². The van der Waals surface area contributed by atoms with Crippen LogP contribution in [0.4, 0.5) is 0 Å². The van der Waals surface area contributed by atoms with Crippen LogP contribution < -0.4 is 0 Å². The Hall–Kier alpha value is -0.650. The van der Waals surface area contributed by atoms with Crippen LogP contribution in [-0.4, -0.2) is 41.3 Å². The smallest absolute Gasteiger partial charge is 0.307 e. The van der Waals surface area contributed by atoms with Crippen LogP contribution in [0.15, 0.2) is 0 Å². The van der Waals surface area contributed by atoms with Gasteiger partial charge in [0.05, 0.1) is 18.8 Å². The maximum atomic E-state index is 11.8. The van der Waals surface area contributed by atoms with E-state index in [0.717, 1.165) is 38.5 Å². The maximum absolute atomic E-state index is 11.8. The Balaban J connectivity index is 1.59. The van der Waals surface area contributed by atoms with Crippen LogP contribution in [0.2, 0.25) is 0 Å². The van der Waals surface area contributed by atoms with Crippen LogP contribution in [0.3, 0.4) is 0 Å². The SMILES string of the molecule is CCC(=O)O[C@H]1OCC2C3C(CC[C@@]21C)[C@@]1(C)CC[C@H](O)CC1C[C@@H]3O. The van der Waals surface area contributed by atoms with Gasteiger partial charge in [-0.1, -0.05) is 20.8 Å². The fourth-order valence-corrected chi connectivity index (χ4v) is 6.92. The van der Waals surface area contributed by atoms with Gasteiger partial charge in [-0.15, -0.1) is 0 Å². The van der Waals surface area contributed by atoms with Crippen molar-refractivity contribution in [2.24, 2.45) is 34.5 Å². The molecule has 0 aromatic heterocycles. The molecule has 2 N–H and O–H groups in total. The molecular formula is C21H34O5. The Labute approximate surface area is 156 Å². The fourth-order valence-electron chi connectivity index (χ4n) is 6.92. The van der Waals surface area contributed by atoms with Crippen molar-refractivity contribution >= 4 is 5.97 Å². The van der Waals surface area contributed by atoms with E-state index in [1.165, 1.54) is 0 Å². The van der Waals surface area contributed by atoms with Gasteiger partial charge in [0.1, 0.15) is 0 Å². The van der Waals surface area contributed by atoms with Crippen LogP contribution in [0.1, 0.15) is 65.7 Å². The number of fused-ring (bicyclic) bond motifs is 5. The zero-order valence-corrected chi connectivity index (χ0v) is 16.3. The highest BCUT2D eigenvalue weighted by molar-refractivity contribution is 5.69. The summed E-state index contributed by atoms with van der Waals surface area (Å²) in [6.07, 6.45) is 4.86. The Bertz CT molecular complexity index is 565. The zero-order valence-electron chi connectivity index (χ0n) is 16.3. The van der Waals surface area contributed by atoms with E-state index in [-0.39, 0.29) is 40.8 Å². The molecule has 4 unspecified atom stereocenters. The first-order valence-corrected chi connectivity index (χ1v) is 10.5. The molecule has 4 aliphatic rings. The Morgan fingerprint density at radius 1 is 1.12 bits per heavy atom. The highest BCUT2D eigenvalue weighted by atomic mass is 16.7. The zero-order chi connectivity index (χ0) is 18.7. The first kappa shape index (κ1) is 18.7. The van der Waals surface area contributed by atoms with Crippen molar-refractivity contribution in [3.05, 3.63) is 0 Å². The molecule has 0 bridgehead atoms. The Morgan fingerprint density at radius 2 is 1.85 bits per heavy atom. The van der Waals surface area contributed by atoms with Crippen LogP contribution in [0, 0.1) is 34.5 Å². The first-order chi connectivity index (χ1) is 12.3. The summed E-state index contributed by atoms with van der Waals surface area (Å²) < 4.78 is 11.6. The largest absolute Gasteiger partial charge is 0.435 e. The number of esters is 1. The van der Waals surface area contributed by atoms with E-state index in [4.69, 9.17) is 9.47 Å². The number of ether oxygens (including phenoxy) is 2. The molecule has 26 heavy (non-hydrogen) atoms. The Kier molecular flexibility index (Phi) is 4.64. The third-order valence-electron chi connectivity index (χ3n) is 8.59. The van der Waals surface area contributed by atoms with Crippen LogP contribution in [0.25, 0.3) is 0 Å². The van der Waals surface area contributed by atoms with Crippen molar-refractivity contribution in [1.82, 2.24) is 0 Å². The molecule has 9 atom stereocenters. The average Bonchev–Trinajstić information content (AvgIpc) is 2.93. The molecule has 5 heteroatoms. The maximum Gasteiger partial charge on any atom is 0.307 e. The van der Waals surface area contributed by atoms with Gasteiger partial charge < -0.3 is 19.7 Å². The minimum atomic E-state index is -0.480. The predicted molar refractivity (Wildman–Crippen MR) is 96.0 cm³/mol.